The monoisotopic (exact) mass is 374 g/mol. The summed E-state index contributed by atoms with van der Waals surface area (Å²) in [6, 6.07) is 7.04. The molecule has 1 heterocycles. The van der Waals surface area contributed by atoms with Crippen molar-refractivity contribution in [1.29, 1.82) is 0 Å². The number of aromatic nitrogens is 2. The molecule has 0 bridgehead atoms. The fourth-order valence-corrected chi connectivity index (χ4v) is 3.38. The molecule has 0 saturated carbocycles. The lowest BCUT2D eigenvalue weighted by atomic mass is 10.2. The van der Waals surface area contributed by atoms with Crippen molar-refractivity contribution in [2.24, 2.45) is 5.92 Å². The number of anilines is 2. The molecule has 0 unspecified atom stereocenters. The Labute approximate surface area is 158 Å². The number of aryl methyl sites for hydroxylation is 1. The first kappa shape index (κ1) is 20.0. The molecule has 0 fully saturated rings. The molecule has 2 N–H and O–H groups in total. The number of rotatable bonds is 7. The van der Waals surface area contributed by atoms with Gasteiger partial charge in [-0.05, 0) is 44.0 Å². The van der Waals surface area contributed by atoms with Gasteiger partial charge in [0.2, 0.25) is 11.8 Å². The maximum Gasteiger partial charge on any atom is 0.234 e. The lowest BCUT2D eigenvalue weighted by molar-refractivity contribution is -0.114. The third-order valence-corrected chi connectivity index (χ3v) is 4.77. The van der Waals surface area contributed by atoms with E-state index in [-0.39, 0.29) is 11.8 Å². The molecule has 0 spiro atoms. The van der Waals surface area contributed by atoms with Crippen molar-refractivity contribution in [2.45, 2.75) is 46.3 Å². The Balaban J connectivity index is 1.95. The number of hydrogen-bond acceptors (Lipinski definition) is 4. The highest BCUT2D eigenvalue weighted by atomic mass is 32.2. The van der Waals surface area contributed by atoms with E-state index >= 15 is 0 Å². The number of thioether (sulfide) groups is 1. The Morgan fingerprint density at radius 2 is 1.69 bits per heavy atom. The van der Waals surface area contributed by atoms with Gasteiger partial charge in [0.1, 0.15) is 0 Å². The quantitative estimate of drug-likeness (QED) is 0.722. The number of carbonyl (C=O) groups is 2. The van der Waals surface area contributed by atoms with Crippen LogP contribution in [0, 0.1) is 19.8 Å². The van der Waals surface area contributed by atoms with Crippen LogP contribution in [0.2, 0.25) is 0 Å². The van der Waals surface area contributed by atoms with Crippen molar-refractivity contribution in [2.75, 3.05) is 16.4 Å². The Kier molecular flexibility index (Phi) is 6.85. The van der Waals surface area contributed by atoms with Crippen LogP contribution in [0.4, 0.5) is 11.4 Å². The number of nitrogens with zero attached hydrogens (tertiary/aromatic N) is 2. The standard InChI is InChI=1S/C19H26N4O2S/c1-12(2)10-23-14(4)13(3)20-19(23)26-11-18(25)22-17-8-6-16(7-9-17)21-15(5)24/h6-9,12H,10-11H2,1-5H3,(H,21,24)(H,22,25). The zero-order valence-electron chi connectivity index (χ0n) is 15.9. The average Bonchev–Trinajstić information content (AvgIpc) is 2.81. The van der Waals surface area contributed by atoms with Gasteiger partial charge in [-0.2, -0.15) is 0 Å². The number of benzene rings is 1. The SMILES string of the molecule is CC(=O)Nc1ccc(NC(=O)CSc2nc(C)c(C)n2CC(C)C)cc1. The number of hydrogen-bond donors (Lipinski definition) is 2. The summed E-state index contributed by atoms with van der Waals surface area (Å²) in [5.41, 5.74) is 3.55. The van der Waals surface area contributed by atoms with Crippen molar-refractivity contribution in [3.63, 3.8) is 0 Å². The van der Waals surface area contributed by atoms with Crippen molar-refractivity contribution in [3.05, 3.63) is 35.7 Å². The minimum Gasteiger partial charge on any atom is -0.326 e. The Bertz CT molecular complexity index is 782. The highest BCUT2D eigenvalue weighted by Crippen LogP contribution is 2.23. The molecule has 7 heteroatoms. The molecular weight excluding hydrogens is 348 g/mol. The molecule has 1 aromatic heterocycles. The smallest absolute Gasteiger partial charge is 0.234 e. The summed E-state index contributed by atoms with van der Waals surface area (Å²) >= 11 is 1.45. The minimum absolute atomic E-state index is 0.0864. The van der Waals surface area contributed by atoms with Crippen LogP contribution >= 0.6 is 11.8 Å². The van der Waals surface area contributed by atoms with Crippen LogP contribution in [0.15, 0.2) is 29.4 Å². The maximum absolute atomic E-state index is 12.2. The predicted molar refractivity (Wildman–Crippen MR) is 107 cm³/mol. The van der Waals surface area contributed by atoms with Crippen LogP contribution in [0.1, 0.15) is 32.2 Å². The van der Waals surface area contributed by atoms with Crippen LogP contribution in [0.25, 0.3) is 0 Å². The van der Waals surface area contributed by atoms with E-state index in [0.29, 0.717) is 23.0 Å². The van der Waals surface area contributed by atoms with Crippen LogP contribution < -0.4 is 10.6 Å². The zero-order valence-corrected chi connectivity index (χ0v) is 16.7. The molecule has 0 aliphatic carbocycles. The largest absolute Gasteiger partial charge is 0.326 e. The fraction of sp³-hybridized carbons (Fsp3) is 0.421. The lowest BCUT2D eigenvalue weighted by Crippen LogP contribution is -2.15. The topological polar surface area (TPSA) is 76.0 Å². The van der Waals surface area contributed by atoms with Gasteiger partial charge in [-0.3, -0.25) is 9.59 Å². The Morgan fingerprint density at radius 3 is 2.23 bits per heavy atom. The summed E-state index contributed by atoms with van der Waals surface area (Å²) < 4.78 is 2.18. The van der Waals surface area contributed by atoms with Crippen LogP contribution in [-0.2, 0) is 16.1 Å². The highest BCUT2D eigenvalue weighted by molar-refractivity contribution is 7.99. The molecule has 26 heavy (non-hydrogen) atoms. The average molecular weight is 375 g/mol. The van der Waals surface area contributed by atoms with Gasteiger partial charge in [-0.15, -0.1) is 0 Å². The summed E-state index contributed by atoms with van der Waals surface area (Å²) in [4.78, 5) is 27.8. The molecule has 2 amide bonds. The molecule has 0 aliphatic rings. The van der Waals surface area contributed by atoms with Gasteiger partial charge in [0, 0.05) is 30.5 Å². The van der Waals surface area contributed by atoms with Gasteiger partial charge < -0.3 is 15.2 Å². The second-order valence-corrected chi connectivity index (χ2v) is 7.61. The third-order valence-electron chi connectivity index (χ3n) is 3.79. The molecule has 0 aliphatic heterocycles. The molecule has 0 saturated heterocycles. The van der Waals surface area contributed by atoms with E-state index in [1.807, 2.05) is 6.92 Å². The first-order valence-electron chi connectivity index (χ1n) is 8.60. The van der Waals surface area contributed by atoms with E-state index in [1.165, 1.54) is 18.7 Å². The molecule has 140 valence electrons. The summed E-state index contributed by atoms with van der Waals surface area (Å²) in [6.07, 6.45) is 0. The van der Waals surface area contributed by atoms with Crippen LogP contribution in [0.5, 0.6) is 0 Å². The predicted octanol–water partition coefficient (Wildman–Crippen LogP) is 3.85. The number of amides is 2. The minimum atomic E-state index is -0.124. The second-order valence-electron chi connectivity index (χ2n) is 6.67. The molecule has 1 aromatic carbocycles. The summed E-state index contributed by atoms with van der Waals surface area (Å²) in [5.74, 6) is 0.594. The lowest BCUT2D eigenvalue weighted by Gasteiger charge is -2.12. The first-order chi connectivity index (χ1) is 12.3. The summed E-state index contributed by atoms with van der Waals surface area (Å²) in [7, 11) is 0. The molecule has 2 aromatic rings. The third kappa shape index (κ3) is 5.62. The number of imidazole rings is 1. The maximum atomic E-state index is 12.2. The second kappa shape index (κ2) is 8.89. The van der Waals surface area contributed by atoms with Crippen molar-refractivity contribution in [3.8, 4) is 0 Å². The van der Waals surface area contributed by atoms with E-state index in [4.69, 9.17) is 0 Å². The normalized spacial score (nSPS) is 10.8. The number of nitrogens with one attached hydrogen (secondary N) is 2. The molecule has 0 atom stereocenters. The van der Waals surface area contributed by atoms with Gasteiger partial charge in [0.05, 0.1) is 11.4 Å². The van der Waals surface area contributed by atoms with Crippen LogP contribution in [-0.4, -0.2) is 27.1 Å². The van der Waals surface area contributed by atoms with Crippen molar-refractivity contribution >= 4 is 35.0 Å². The van der Waals surface area contributed by atoms with Crippen LogP contribution in [0.3, 0.4) is 0 Å². The zero-order chi connectivity index (χ0) is 19.3. The van der Waals surface area contributed by atoms with E-state index in [1.54, 1.807) is 24.3 Å². The van der Waals surface area contributed by atoms with E-state index in [2.05, 4.69) is 41.0 Å². The number of carbonyl (C=O) groups excluding carboxylic acids is 2. The summed E-state index contributed by atoms with van der Waals surface area (Å²) in [6.45, 7) is 10.7. The Hall–Kier alpha value is -2.28. The van der Waals surface area contributed by atoms with Gasteiger partial charge >= 0.3 is 0 Å². The highest BCUT2D eigenvalue weighted by Gasteiger charge is 2.14. The van der Waals surface area contributed by atoms with E-state index in [9.17, 15) is 9.59 Å². The van der Waals surface area contributed by atoms with Gasteiger partial charge in [-0.1, -0.05) is 25.6 Å². The summed E-state index contributed by atoms with van der Waals surface area (Å²) in [5, 5.41) is 6.44. The fourth-order valence-electron chi connectivity index (χ4n) is 2.48. The molecule has 6 nitrogen and oxygen atoms in total. The van der Waals surface area contributed by atoms with Gasteiger partial charge in [-0.25, -0.2) is 4.98 Å². The Morgan fingerprint density at radius 1 is 1.12 bits per heavy atom. The van der Waals surface area contributed by atoms with Crippen molar-refractivity contribution in [1.82, 2.24) is 9.55 Å². The van der Waals surface area contributed by atoms with Gasteiger partial charge in [0.15, 0.2) is 5.16 Å². The van der Waals surface area contributed by atoms with E-state index in [0.717, 1.165) is 23.1 Å². The molecule has 0 radical (unpaired) electrons. The molecular formula is C19H26N4O2S. The van der Waals surface area contributed by atoms with E-state index < -0.39 is 0 Å². The first-order valence-corrected chi connectivity index (χ1v) is 9.59. The van der Waals surface area contributed by atoms with Gasteiger partial charge in [0.25, 0.3) is 0 Å². The molecule has 2 rings (SSSR count). The van der Waals surface area contributed by atoms with Crippen molar-refractivity contribution < 1.29 is 9.59 Å².